The lowest BCUT2D eigenvalue weighted by atomic mass is 10.1. The Labute approximate surface area is 116 Å². The van der Waals surface area contributed by atoms with E-state index in [0.29, 0.717) is 5.92 Å². The molecule has 0 amide bonds. The summed E-state index contributed by atoms with van der Waals surface area (Å²) in [6, 6.07) is 0. The first-order valence-corrected chi connectivity index (χ1v) is 7.90. The first-order valence-electron chi connectivity index (χ1n) is 7.09. The van der Waals surface area contributed by atoms with E-state index in [1.54, 1.807) is 0 Å². The quantitative estimate of drug-likeness (QED) is 0.731. The second-order valence-corrected chi connectivity index (χ2v) is 5.87. The van der Waals surface area contributed by atoms with Crippen LogP contribution < -0.4 is 10.2 Å². The Hall–Kier alpha value is -0.610. The summed E-state index contributed by atoms with van der Waals surface area (Å²) < 4.78 is 0. The fourth-order valence-corrected chi connectivity index (χ4v) is 3.25. The van der Waals surface area contributed by atoms with Gasteiger partial charge in [-0.1, -0.05) is 20.8 Å². The largest absolute Gasteiger partial charge is 0.349 e. The van der Waals surface area contributed by atoms with Gasteiger partial charge in [0, 0.05) is 24.5 Å². The summed E-state index contributed by atoms with van der Waals surface area (Å²) in [5.41, 5.74) is 1.27. The normalized spacial score (nSPS) is 11.2. The second kappa shape index (κ2) is 7.74. The predicted octanol–water partition coefficient (Wildman–Crippen LogP) is 3.61. The Balaban J connectivity index is 2.86. The number of nitrogens with one attached hydrogen (secondary N) is 1. The molecule has 0 aliphatic carbocycles. The van der Waals surface area contributed by atoms with Gasteiger partial charge < -0.3 is 10.2 Å². The monoisotopic (exact) mass is 269 g/mol. The molecule has 1 aromatic heterocycles. The number of nitrogens with zero attached hydrogens (tertiary/aromatic N) is 2. The maximum atomic E-state index is 4.83. The van der Waals surface area contributed by atoms with E-state index in [4.69, 9.17) is 4.98 Å². The van der Waals surface area contributed by atoms with Crippen molar-refractivity contribution in [1.82, 2.24) is 10.3 Å². The highest BCUT2D eigenvalue weighted by Crippen LogP contribution is 2.30. The van der Waals surface area contributed by atoms with E-state index in [0.717, 1.165) is 26.2 Å². The molecule has 4 heteroatoms. The summed E-state index contributed by atoms with van der Waals surface area (Å²) in [6.45, 7) is 15.1. The number of hydrogen-bond donors (Lipinski definition) is 1. The fraction of sp³-hybridized carbons (Fsp3) is 0.786. The van der Waals surface area contributed by atoms with Crippen LogP contribution in [0.1, 0.15) is 57.5 Å². The van der Waals surface area contributed by atoms with Crippen molar-refractivity contribution in [2.24, 2.45) is 0 Å². The molecule has 104 valence electrons. The molecule has 0 bridgehead atoms. The van der Waals surface area contributed by atoms with Gasteiger partial charge in [0.2, 0.25) is 0 Å². The molecule has 0 aliphatic rings. The number of thiazole rings is 1. The summed E-state index contributed by atoms with van der Waals surface area (Å²) in [5.74, 6) is 0.504. The maximum absolute atomic E-state index is 4.83. The predicted molar refractivity (Wildman–Crippen MR) is 81.8 cm³/mol. The Morgan fingerprint density at radius 2 is 1.89 bits per heavy atom. The van der Waals surface area contributed by atoms with Crippen molar-refractivity contribution >= 4 is 16.5 Å². The van der Waals surface area contributed by atoms with Crippen LogP contribution in [-0.2, 0) is 6.54 Å². The highest BCUT2D eigenvalue weighted by atomic mass is 32.1. The van der Waals surface area contributed by atoms with E-state index in [1.165, 1.54) is 22.1 Å². The average molecular weight is 269 g/mol. The summed E-state index contributed by atoms with van der Waals surface area (Å²) in [5, 5.41) is 4.66. The van der Waals surface area contributed by atoms with Crippen molar-refractivity contribution in [3.8, 4) is 0 Å². The van der Waals surface area contributed by atoms with Gasteiger partial charge in [-0.15, -0.1) is 11.3 Å². The zero-order valence-corrected chi connectivity index (χ0v) is 13.2. The lowest BCUT2D eigenvalue weighted by molar-refractivity contribution is 0.670. The zero-order chi connectivity index (χ0) is 13.5. The number of anilines is 1. The van der Waals surface area contributed by atoms with Gasteiger partial charge in [-0.2, -0.15) is 0 Å². The third kappa shape index (κ3) is 3.95. The van der Waals surface area contributed by atoms with Gasteiger partial charge in [-0.05, 0) is 32.7 Å². The lowest BCUT2D eigenvalue weighted by Crippen LogP contribution is -2.21. The molecule has 3 nitrogen and oxygen atoms in total. The van der Waals surface area contributed by atoms with E-state index >= 15 is 0 Å². The molecule has 1 aromatic rings. The average Bonchev–Trinajstić information content (AvgIpc) is 2.75. The van der Waals surface area contributed by atoms with Crippen LogP contribution in [0, 0.1) is 0 Å². The first kappa shape index (κ1) is 15.4. The SMILES string of the molecule is CCCNCc1sc(N(CC)CC)nc1C(C)C. The minimum Gasteiger partial charge on any atom is -0.349 e. The Bertz CT molecular complexity index is 343. The molecule has 0 unspecified atom stereocenters. The van der Waals surface area contributed by atoms with Gasteiger partial charge in [0.15, 0.2) is 5.13 Å². The topological polar surface area (TPSA) is 28.2 Å². The summed E-state index contributed by atoms with van der Waals surface area (Å²) in [6.07, 6.45) is 1.18. The number of hydrogen-bond acceptors (Lipinski definition) is 4. The molecule has 1 N–H and O–H groups in total. The van der Waals surface area contributed by atoms with Crippen molar-refractivity contribution < 1.29 is 0 Å². The second-order valence-electron chi connectivity index (χ2n) is 4.81. The number of rotatable bonds is 8. The van der Waals surface area contributed by atoms with E-state index in [-0.39, 0.29) is 0 Å². The third-order valence-corrected chi connectivity index (χ3v) is 4.14. The molecule has 1 rings (SSSR count). The van der Waals surface area contributed by atoms with Gasteiger partial charge in [0.25, 0.3) is 0 Å². The van der Waals surface area contributed by atoms with Crippen LogP contribution in [0.15, 0.2) is 0 Å². The van der Waals surface area contributed by atoms with Gasteiger partial charge in [-0.3, -0.25) is 0 Å². The molecule has 18 heavy (non-hydrogen) atoms. The van der Waals surface area contributed by atoms with Crippen LogP contribution in [0.5, 0.6) is 0 Å². The van der Waals surface area contributed by atoms with Crippen LogP contribution in [0.25, 0.3) is 0 Å². The van der Waals surface area contributed by atoms with Crippen LogP contribution in [0.4, 0.5) is 5.13 Å². The molecule has 0 saturated carbocycles. The van der Waals surface area contributed by atoms with Crippen molar-refractivity contribution in [3.63, 3.8) is 0 Å². The van der Waals surface area contributed by atoms with Gasteiger partial charge in [-0.25, -0.2) is 4.98 Å². The van der Waals surface area contributed by atoms with Crippen molar-refractivity contribution in [1.29, 1.82) is 0 Å². The minimum absolute atomic E-state index is 0.504. The Morgan fingerprint density at radius 1 is 1.22 bits per heavy atom. The van der Waals surface area contributed by atoms with E-state index in [9.17, 15) is 0 Å². The van der Waals surface area contributed by atoms with Gasteiger partial charge in [0.1, 0.15) is 0 Å². The van der Waals surface area contributed by atoms with Gasteiger partial charge >= 0.3 is 0 Å². The molecular formula is C14H27N3S. The van der Waals surface area contributed by atoms with Crippen LogP contribution in [0.2, 0.25) is 0 Å². The van der Waals surface area contributed by atoms with Crippen LogP contribution in [-0.4, -0.2) is 24.6 Å². The molecule has 0 atom stereocenters. The minimum atomic E-state index is 0.504. The summed E-state index contributed by atoms with van der Waals surface area (Å²) in [4.78, 5) is 8.57. The molecule has 0 aliphatic heterocycles. The van der Waals surface area contributed by atoms with Crippen molar-refractivity contribution in [2.75, 3.05) is 24.5 Å². The molecule has 1 heterocycles. The maximum Gasteiger partial charge on any atom is 0.185 e. The Kier molecular flexibility index (Phi) is 6.65. The molecule has 0 radical (unpaired) electrons. The standard InChI is InChI=1S/C14H27N3S/c1-6-9-15-10-12-13(11(4)5)16-14(18-12)17(7-2)8-3/h11,15H,6-10H2,1-5H3. The summed E-state index contributed by atoms with van der Waals surface area (Å²) in [7, 11) is 0. The lowest BCUT2D eigenvalue weighted by Gasteiger charge is -2.16. The molecular weight excluding hydrogens is 242 g/mol. The highest BCUT2D eigenvalue weighted by molar-refractivity contribution is 7.15. The molecule has 0 aromatic carbocycles. The van der Waals surface area contributed by atoms with Gasteiger partial charge in [0.05, 0.1) is 5.69 Å². The molecule has 0 saturated heterocycles. The molecule has 0 spiro atoms. The zero-order valence-electron chi connectivity index (χ0n) is 12.4. The smallest absolute Gasteiger partial charge is 0.185 e. The Morgan fingerprint density at radius 3 is 2.39 bits per heavy atom. The third-order valence-electron chi connectivity index (χ3n) is 3.01. The summed E-state index contributed by atoms with van der Waals surface area (Å²) >= 11 is 1.85. The number of aromatic nitrogens is 1. The van der Waals surface area contributed by atoms with E-state index in [2.05, 4.69) is 44.8 Å². The van der Waals surface area contributed by atoms with Crippen molar-refractivity contribution in [3.05, 3.63) is 10.6 Å². The highest BCUT2D eigenvalue weighted by Gasteiger charge is 2.16. The fourth-order valence-electron chi connectivity index (χ4n) is 1.94. The van der Waals surface area contributed by atoms with E-state index in [1.807, 2.05) is 11.3 Å². The van der Waals surface area contributed by atoms with Crippen molar-refractivity contribution in [2.45, 2.75) is 53.5 Å². The first-order chi connectivity index (χ1) is 8.63. The van der Waals surface area contributed by atoms with Crippen LogP contribution in [0.3, 0.4) is 0 Å². The molecule has 0 fully saturated rings. The van der Waals surface area contributed by atoms with Crippen LogP contribution >= 0.6 is 11.3 Å². The van der Waals surface area contributed by atoms with E-state index < -0.39 is 0 Å².